The standard InChI is InChI=1S/C22H34N4O6S/c1-31-19-2-4-20(5-3-19)33(29,30)26-11-7-18(8-12-26)22(28)24-9-6-21(27)23-10-13-25-14-16-32-17-15-25/h2-5,18H,6-17H2,1H3,(H,23,27)(H,24,28). The van der Waals surface area contributed by atoms with Gasteiger partial charge >= 0.3 is 0 Å². The molecule has 0 radical (unpaired) electrons. The first-order chi connectivity index (χ1) is 15.9. The summed E-state index contributed by atoms with van der Waals surface area (Å²) in [5.41, 5.74) is 0. The molecule has 0 aliphatic carbocycles. The average Bonchev–Trinajstić information content (AvgIpc) is 2.84. The van der Waals surface area contributed by atoms with E-state index >= 15 is 0 Å². The number of hydrogen-bond donors (Lipinski definition) is 2. The number of ether oxygens (including phenoxy) is 2. The van der Waals surface area contributed by atoms with E-state index in [1.807, 2.05) is 0 Å². The first-order valence-electron chi connectivity index (χ1n) is 11.4. The molecule has 2 aliphatic rings. The van der Waals surface area contributed by atoms with E-state index < -0.39 is 10.0 Å². The Balaban J connectivity index is 1.33. The Kier molecular flexibility index (Phi) is 9.48. The number of carbonyl (C=O) groups is 2. The molecule has 2 amide bonds. The number of hydrogen-bond acceptors (Lipinski definition) is 7. The summed E-state index contributed by atoms with van der Waals surface area (Å²) >= 11 is 0. The Labute approximate surface area is 195 Å². The van der Waals surface area contributed by atoms with Crippen LogP contribution in [0.4, 0.5) is 0 Å². The normalized spacial score (nSPS) is 18.6. The van der Waals surface area contributed by atoms with Crippen molar-refractivity contribution in [3.8, 4) is 5.75 Å². The van der Waals surface area contributed by atoms with E-state index in [0.717, 1.165) is 32.8 Å². The summed E-state index contributed by atoms with van der Waals surface area (Å²) in [4.78, 5) is 26.9. The molecule has 0 atom stereocenters. The summed E-state index contributed by atoms with van der Waals surface area (Å²) < 4.78 is 37.4. The summed E-state index contributed by atoms with van der Waals surface area (Å²) in [7, 11) is -2.07. The van der Waals surface area contributed by atoms with Crippen molar-refractivity contribution in [1.29, 1.82) is 0 Å². The van der Waals surface area contributed by atoms with E-state index in [1.165, 1.54) is 23.5 Å². The third-order valence-corrected chi connectivity index (χ3v) is 7.94. The van der Waals surface area contributed by atoms with Gasteiger partial charge in [-0.05, 0) is 37.1 Å². The van der Waals surface area contributed by atoms with E-state index in [1.54, 1.807) is 12.1 Å². The molecule has 2 saturated heterocycles. The van der Waals surface area contributed by atoms with Gasteiger partial charge in [0, 0.05) is 58.2 Å². The molecule has 2 fully saturated rings. The van der Waals surface area contributed by atoms with E-state index in [0.29, 0.717) is 25.1 Å². The number of sulfonamides is 1. The van der Waals surface area contributed by atoms with E-state index in [-0.39, 0.29) is 48.7 Å². The smallest absolute Gasteiger partial charge is 0.243 e. The lowest BCUT2D eigenvalue weighted by molar-refractivity contribution is -0.126. The number of rotatable bonds is 10. The Hall–Kier alpha value is -2.21. The number of piperidine rings is 1. The summed E-state index contributed by atoms with van der Waals surface area (Å²) in [6.45, 7) is 5.43. The highest BCUT2D eigenvalue weighted by molar-refractivity contribution is 7.89. The Bertz CT molecular complexity index is 879. The number of methoxy groups -OCH3 is 1. The van der Waals surface area contributed by atoms with Gasteiger partial charge in [0.15, 0.2) is 0 Å². The van der Waals surface area contributed by atoms with Crippen LogP contribution in [0.5, 0.6) is 5.75 Å². The van der Waals surface area contributed by atoms with Crippen LogP contribution in [-0.2, 0) is 24.3 Å². The summed E-state index contributed by atoms with van der Waals surface area (Å²) in [5, 5.41) is 5.69. The minimum absolute atomic E-state index is 0.0936. The van der Waals surface area contributed by atoms with Crippen molar-refractivity contribution in [2.75, 3.05) is 66.1 Å². The Morgan fingerprint density at radius 1 is 1.03 bits per heavy atom. The van der Waals surface area contributed by atoms with Crippen molar-refractivity contribution in [2.45, 2.75) is 24.2 Å². The quantitative estimate of drug-likeness (QED) is 0.484. The Morgan fingerprint density at radius 3 is 2.33 bits per heavy atom. The molecule has 0 aromatic heterocycles. The molecule has 0 unspecified atom stereocenters. The molecule has 33 heavy (non-hydrogen) atoms. The van der Waals surface area contributed by atoms with Crippen LogP contribution in [0.15, 0.2) is 29.2 Å². The zero-order valence-electron chi connectivity index (χ0n) is 19.1. The van der Waals surface area contributed by atoms with Gasteiger partial charge in [-0.25, -0.2) is 8.42 Å². The number of carbonyl (C=O) groups excluding carboxylic acids is 2. The maximum Gasteiger partial charge on any atom is 0.243 e. The lowest BCUT2D eigenvalue weighted by Crippen LogP contribution is -2.44. The van der Waals surface area contributed by atoms with Gasteiger partial charge in [0.25, 0.3) is 0 Å². The fourth-order valence-corrected chi connectivity index (χ4v) is 5.43. The number of morpholine rings is 1. The van der Waals surface area contributed by atoms with Crippen LogP contribution in [0.3, 0.4) is 0 Å². The number of nitrogens with zero attached hydrogens (tertiary/aromatic N) is 2. The van der Waals surface area contributed by atoms with Crippen LogP contribution in [0.2, 0.25) is 0 Å². The largest absolute Gasteiger partial charge is 0.497 e. The molecular weight excluding hydrogens is 448 g/mol. The van der Waals surface area contributed by atoms with E-state index in [4.69, 9.17) is 9.47 Å². The molecule has 10 nitrogen and oxygen atoms in total. The van der Waals surface area contributed by atoms with Crippen molar-refractivity contribution < 1.29 is 27.5 Å². The van der Waals surface area contributed by atoms with Crippen molar-refractivity contribution in [1.82, 2.24) is 19.8 Å². The molecule has 2 N–H and O–H groups in total. The van der Waals surface area contributed by atoms with Crippen molar-refractivity contribution >= 4 is 21.8 Å². The molecule has 1 aromatic carbocycles. The third-order valence-electron chi connectivity index (χ3n) is 6.03. The van der Waals surface area contributed by atoms with Crippen LogP contribution in [0, 0.1) is 5.92 Å². The van der Waals surface area contributed by atoms with Gasteiger partial charge in [-0.1, -0.05) is 0 Å². The maximum atomic E-state index is 12.8. The van der Waals surface area contributed by atoms with Crippen molar-refractivity contribution in [3.05, 3.63) is 24.3 Å². The molecule has 1 aromatic rings. The van der Waals surface area contributed by atoms with Gasteiger partial charge in [-0.2, -0.15) is 4.31 Å². The second-order valence-electron chi connectivity index (χ2n) is 8.20. The van der Waals surface area contributed by atoms with Gasteiger partial charge < -0.3 is 20.1 Å². The molecule has 0 saturated carbocycles. The van der Waals surface area contributed by atoms with Gasteiger partial charge in [0.1, 0.15) is 5.75 Å². The summed E-state index contributed by atoms with van der Waals surface area (Å²) in [6, 6.07) is 6.29. The van der Waals surface area contributed by atoms with Crippen LogP contribution in [0.25, 0.3) is 0 Å². The second kappa shape index (κ2) is 12.3. The number of amides is 2. The van der Waals surface area contributed by atoms with Crippen LogP contribution in [-0.4, -0.2) is 95.6 Å². The van der Waals surface area contributed by atoms with E-state index in [9.17, 15) is 18.0 Å². The molecule has 2 aliphatic heterocycles. The summed E-state index contributed by atoms with van der Waals surface area (Å²) in [6.07, 6.45) is 1.12. The number of benzene rings is 1. The molecule has 0 bridgehead atoms. The molecule has 3 rings (SSSR count). The molecule has 2 heterocycles. The van der Waals surface area contributed by atoms with Crippen molar-refractivity contribution in [3.63, 3.8) is 0 Å². The lowest BCUT2D eigenvalue weighted by Gasteiger charge is -2.30. The molecular formula is C22H34N4O6S. The maximum absolute atomic E-state index is 12.8. The zero-order valence-corrected chi connectivity index (χ0v) is 19.9. The minimum atomic E-state index is -3.60. The highest BCUT2D eigenvalue weighted by atomic mass is 32.2. The van der Waals surface area contributed by atoms with Gasteiger partial charge in [0.05, 0.1) is 25.2 Å². The lowest BCUT2D eigenvalue weighted by atomic mass is 9.97. The van der Waals surface area contributed by atoms with Crippen LogP contribution in [0.1, 0.15) is 19.3 Å². The van der Waals surface area contributed by atoms with E-state index in [2.05, 4.69) is 15.5 Å². The second-order valence-corrected chi connectivity index (χ2v) is 10.1. The minimum Gasteiger partial charge on any atom is -0.497 e. The topological polar surface area (TPSA) is 117 Å². The fraction of sp³-hybridized carbons (Fsp3) is 0.636. The van der Waals surface area contributed by atoms with Crippen LogP contribution < -0.4 is 15.4 Å². The zero-order chi connectivity index (χ0) is 23.7. The predicted molar refractivity (Wildman–Crippen MR) is 122 cm³/mol. The highest BCUT2D eigenvalue weighted by Crippen LogP contribution is 2.25. The predicted octanol–water partition coefficient (Wildman–Crippen LogP) is 0.0506. The van der Waals surface area contributed by atoms with Gasteiger partial charge in [-0.3, -0.25) is 14.5 Å². The van der Waals surface area contributed by atoms with Gasteiger partial charge in [-0.15, -0.1) is 0 Å². The molecule has 0 spiro atoms. The first-order valence-corrected chi connectivity index (χ1v) is 12.8. The molecule has 11 heteroatoms. The monoisotopic (exact) mass is 482 g/mol. The first kappa shape index (κ1) is 25.4. The Morgan fingerprint density at radius 2 is 1.70 bits per heavy atom. The van der Waals surface area contributed by atoms with Crippen molar-refractivity contribution in [2.24, 2.45) is 5.92 Å². The average molecular weight is 483 g/mol. The SMILES string of the molecule is COc1ccc(S(=O)(=O)N2CCC(C(=O)NCCC(=O)NCCN3CCOCC3)CC2)cc1. The third kappa shape index (κ3) is 7.39. The number of nitrogens with one attached hydrogen (secondary N) is 2. The van der Waals surface area contributed by atoms with Crippen LogP contribution >= 0.6 is 0 Å². The van der Waals surface area contributed by atoms with Gasteiger partial charge in [0.2, 0.25) is 21.8 Å². The molecule has 184 valence electrons. The summed E-state index contributed by atoms with van der Waals surface area (Å²) in [5.74, 6) is 0.119. The highest BCUT2D eigenvalue weighted by Gasteiger charge is 2.32. The fourth-order valence-electron chi connectivity index (χ4n) is 3.97.